The zero-order chi connectivity index (χ0) is 18.2. The van der Waals surface area contributed by atoms with Gasteiger partial charge in [-0.3, -0.25) is 9.59 Å². The molecule has 0 heterocycles. The van der Waals surface area contributed by atoms with Crippen molar-refractivity contribution in [2.45, 2.75) is 24.3 Å². The van der Waals surface area contributed by atoms with Crippen LogP contribution in [-0.4, -0.2) is 23.7 Å². The Labute approximate surface area is 160 Å². The third-order valence-electron chi connectivity index (χ3n) is 3.18. The van der Waals surface area contributed by atoms with E-state index >= 15 is 0 Å². The topological polar surface area (TPSA) is 55.4 Å². The zero-order valence-corrected chi connectivity index (χ0v) is 15.8. The average molecular weight is 398 g/mol. The van der Waals surface area contributed by atoms with Gasteiger partial charge in [-0.2, -0.15) is 0 Å². The highest BCUT2D eigenvalue weighted by Gasteiger charge is 2.18. The fraction of sp³-hybridized carbons (Fsp3) is 0.222. The summed E-state index contributed by atoms with van der Waals surface area (Å²) in [4.78, 5) is 25.0. The smallest absolute Gasteiger partial charge is 0.307 e. The van der Waals surface area contributed by atoms with Crippen molar-refractivity contribution in [2.24, 2.45) is 0 Å². The first-order chi connectivity index (χ1) is 12.0. The number of anilines is 1. The third-order valence-corrected chi connectivity index (χ3v) is 4.75. The quantitative estimate of drug-likeness (QED) is 0.524. The van der Waals surface area contributed by atoms with Crippen molar-refractivity contribution in [2.75, 3.05) is 11.1 Å². The third kappa shape index (κ3) is 6.61. The van der Waals surface area contributed by atoms with Gasteiger partial charge in [-0.1, -0.05) is 41.4 Å². The van der Waals surface area contributed by atoms with Crippen LogP contribution >= 0.6 is 35.0 Å². The molecule has 7 heteroatoms. The van der Waals surface area contributed by atoms with Crippen LogP contribution in [0.3, 0.4) is 0 Å². The Kier molecular flexibility index (Phi) is 7.62. The van der Waals surface area contributed by atoms with E-state index in [1.165, 1.54) is 13.0 Å². The summed E-state index contributed by atoms with van der Waals surface area (Å²) >= 11 is 13.4. The number of rotatable bonds is 7. The van der Waals surface area contributed by atoms with Crippen LogP contribution in [0.5, 0.6) is 0 Å². The van der Waals surface area contributed by atoms with Crippen LogP contribution in [0, 0.1) is 0 Å². The van der Waals surface area contributed by atoms with E-state index in [0.717, 1.165) is 4.90 Å². The number of carbonyl (C=O) groups excluding carboxylic acids is 2. The highest BCUT2D eigenvalue weighted by Crippen LogP contribution is 2.25. The van der Waals surface area contributed by atoms with E-state index in [-0.39, 0.29) is 6.42 Å². The van der Waals surface area contributed by atoms with Gasteiger partial charge in [0.25, 0.3) is 5.91 Å². The Hall–Kier alpha value is -1.69. The maximum Gasteiger partial charge on any atom is 0.307 e. The van der Waals surface area contributed by atoms with Gasteiger partial charge in [-0.25, -0.2) is 0 Å². The molecule has 0 aliphatic carbocycles. The summed E-state index contributed by atoms with van der Waals surface area (Å²) in [6.45, 7) is 1.52. The number of carbonyl (C=O) groups is 2. The zero-order valence-electron chi connectivity index (χ0n) is 13.5. The van der Waals surface area contributed by atoms with E-state index in [4.69, 9.17) is 27.9 Å². The van der Waals surface area contributed by atoms with Gasteiger partial charge in [-0.15, -0.1) is 11.8 Å². The standard InChI is InChI=1S/C18H17Cl2NO3S/c1-12(18(23)21-16-8-7-13(19)11-15(16)20)24-17(22)9-10-25-14-5-3-2-4-6-14/h2-8,11-12H,9-10H2,1H3,(H,21,23). The molecule has 0 saturated carbocycles. The first kappa shape index (κ1) is 19.6. The van der Waals surface area contributed by atoms with Gasteiger partial charge < -0.3 is 10.1 Å². The molecule has 0 saturated heterocycles. The van der Waals surface area contributed by atoms with Crippen molar-refractivity contribution in [3.8, 4) is 0 Å². The first-order valence-electron chi connectivity index (χ1n) is 7.59. The van der Waals surface area contributed by atoms with Crippen LogP contribution < -0.4 is 5.32 Å². The molecule has 0 aromatic heterocycles. The van der Waals surface area contributed by atoms with Crippen molar-refractivity contribution in [1.82, 2.24) is 0 Å². The SMILES string of the molecule is CC(OC(=O)CCSc1ccccc1)C(=O)Nc1ccc(Cl)cc1Cl. The van der Waals surface area contributed by atoms with Crippen LogP contribution in [0.25, 0.3) is 0 Å². The molecular weight excluding hydrogens is 381 g/mol. The van der Waals surface area contributed by atoms with E-state index in [0.29, 0.717) is 21.5 Å². The van der Waals surface area contributed by atoms with Crippen molar-refractivity contribution in [3.05, 3.63) is 58.6 Å². The van der Waals surface area contributed by atoms with E-state index < -0.39 is 18.0 Å². The minimum absolute atomic E-state index is 0.221. The molecule has 0 spiro atoms. The van der Waals surface area contributed by atoms with E-state index in [2.05, 4.69) is 5.32 Å². The van der Waals surface area contributed by atoms with Crippen LogP contribution in [0.1, 0.15) is 13.3 Å². The number of amides is 1. The normalized spacial score (nSPS) is 11.6. The summed E-state index contributed by atoms with van der Waals surface area (Å²) in [5.74, 6) is -0.290. The Balaban J connectivity index is 1.77. The lowest BCUT2D eigenvalue weighted by molar-refractivity contribution is -0.152. The predicted octanol–water partition coefficient (Wildman–Crippen LogP) is 5.05. The second-order valence-corrected chi connectivity index (χ2v) is 7.17. The summed E-state index contributed by atoms with van der Waals surface area (Å²) in [6.07, 6.45) is -0.695. The fourth-order valence-corrected chi connectivity index (χ4v) is 3.21. The summed E-state index contributed by atoms with van der Waals surface area (Å²) in [5.41, 5.74) is 0.415. The molecule has 0 aliphatic heterocycles. The van der Waals surface area contributed by atoms with E-state index in [9.17, 15) is 9.59 Å². The number of benzene rings is 2. The molecule has 132 valence electrons. The predicted molar refractivity (Wildman–Crippen MR) is 102 cm³/mol. The van der Waals surface area contributed by atoms with Crippen LogP contribution in [0.15, 0.2) is 53.4 Å². The van der Waals surface area contributed by atoms with Crippen LogP contribution in [-0.2, 0) is 14.3 Å². The number of esters is 1. The van der Waals surface area contributed by atoms with Gasteiger partial charge in [-0.05, 0) is 37.3 Å². The molecule has 1 amide bonds. The van der Waals surface area contributed by atoms with E-state index in [1.54, 1.807) is 23.9 Å². The van der Waals surface area contributed by atoms with Gasteiger partial charge in [0.2, 0.25) is 0 Å². The number of ether oxygens (including phenoxy) is 1. The first-order valence-corrected chi connectivity index (χ1v) is 9.33. The minimum Gasteiger partial charge on any atom is -0.453 e. The monoisotopic (exact) mass is 397 g/mol. The van der Waals surface area contributed by atoms with Crippen LogP contribution in [0.2, 0.25) is 10.0 Å². The summed E-state index contributed by atoms with van der Waals surface area (Å²) in [7, 11) is 0. The van der Waals surface area contributed by atoms with Crippen LogP contribution in [0.4, 0.5) is 5.69 Å². The van der Waals surface area contributed by atoms with Gasteiger partial charge in [0, 0.05) is 15.7 Å². The Morgan fingerprint density at radius 3 is 2.56 bits per heavy atom. The lowest BCUT2D eigenvalue weighted by Crippen LogP contribution is -2.30. The molecule has 4 nitrogen and oxygen atoms in total. The molecule has 0 aliphatic rings. The second-order valence-electron chi connectivity index (χ2n) is 5.16. The Bertz CT molecular complexity index is 740. The number of thioether (sulfide) groups is 1. The molecule has 2 rings (SSSR count). The number of nitrogens with one attached hydrogen (secondary N) is 1. The number of hydrogen-bond acceptors (Lipinski definition) is 4. The van der Waals surface area contributed by atoms with Crippen molar-refractivity contribution in [3.63, 3.8) is 0 Å². The molecule has 1 N–H and O–H groups in total. The van der Waals surface area contributed by atoms with E-state index in [1.807, 2.05) is 30.3 Å². The minimum atomic E-state index is -0.916. The number of halogens is 2. The highest BCUT2D eigenvalue weighted by molar-refractivity contribution is 7.99. The molecule has 2 aromatic carbocycles. The molecule has 0 radical (unpaired) electrons. The molecule has 1 unspecified atom stereocenters. The van der Waals surface area contributed by atoms with Gasteiger partial charge in [0.15, 0.2) is 6.10 Å². The molecule has 0 bridgehead atoms. The van der Waals surface area contributed by atoms with Crippen molar-refractivity contribution in [1.29, 1.82) is 0 Å². The van der Waals surface area contributed by atoms with Crippen molar-refractivity contribution < 1.29 is 14.3 Å². The lowest BCUT2D eigenvalue weighted by atomic mass is 10.3. The summed E-state index contributed by atoms with van der Waals surface area (Å²) in [5, 5.41) is 3.40. The molecule has 2 aromatic rings. The summed E-state index contributed by atoms with van der Waals surface area (Å²) in [6, 6.07) is 14.5. The fourth-order valence-electron chi connectivity index (χ4n) is 1.90. The molecule has 25 heavy (non-hydrogen) atoms. The van der Waals surface area contributed by atoms with Gasteiger partial charge >= 0.3 is 5.97 Å². The molecule has 0 fully saturated rings. The van der Waals surface area contributed by atoms with Gasteiger partial charge in [0.05, 0.1) is 17.1 Å². The maximum absolute atomic E-state index is 12.1. The summed E-state index contributed by atoms with van der Waals surface area (Å²) < 4.78 is 5.15. The van der Waals surface area contributed by atoms with Crippen molar-refractivity contribution >= 4 is 52.5 Å². The second kappa shape index (κ2) is 9.70. The molecule has 1 atom stereocenters. The average Bonchev–Trinajstić information content (AvgIpc) is 2.58. The largest absolute Gasteiger partial charge is 0.453 e. The Morgan fingerprint density at radius 1 is 1.16 bits per heavy atom. The Morgan fingerprint density at radius 2 is 1.88 bits per heavy atom. The number of hydrogen-bond donors (Lipinski definition) is 1. The molecular formula is C18H17Cl2NO3S. The van der Waals surface area contributed by atoms with Gasteiger partial charge in [0.1, 0.15) is 0 Å². The lowest BCUT2D eigenvalue weighted by Gasteiger charge is -2.14. The maximum atomic E-state index is 12.1. The highest BCUT2D eigenvalue weighted by atomic mass is 35.5.